The molecule has 0 amide bonds. The maximum atomic E-state index is 13.1. The van der Waals surface area contributed by atoms with Crippen molar-refractivity contribution in [3.8, 4) is 11.5 Å². The molecule has 1 aliphatic heterocycles. The van der Waals surface area contributed by atoms with Crippen LogP contribution in [0, 0.1) is 5.92 Å². The van der Waals surface area contributed by atoms with Crippen LogP contribution in [0.2, 0.25) is 0 Å². The summed E-state index contributed by atoms with van der Waals surface area (Å²) in [6, 6.07) is 14.5. The smallest absolute Gasteiger partial charge is 0.416 e. The fourth-order valence-electron chi connectivity index (χ4n) is 5.18. The molecule has 10 heteroatoms. The topological polar surface area (TPSA) is 76.7 Å². The Morgan fingerprint density at radius 1 is 0.973 bits per heavy atom. The van der Waals surface area contributed by atoms with Gasteiger partial charge in [0, 0.05) is 22.9 Å². The number of fused-ring (bicyclic) bond motifs is 3. The Balaban J connectivity index is 1.48. The van der Waals surface area contributed by atoms with E-state index in [4.69, 9.17) is 9.47 Å². The monoisotopic (exact) mass is 530 g/mol. The molecule has 6 nitrogen and oxygen atoms in total. The van der Waals surface area contributed by atoms with E-state index in [0.717, 1.165) is 35.4 Å². The van der Waals surface area contributed by atoms with Gasteiger partial charge in [0.25, 0.3) is 10.0 Å². The molecule has 1 aliphatic carbocycles. The molecule has 37 heavy (non-hydrogen) atoms. The quantitative estimate of drug-likeness (QED) is 0.363. The summed E-state index contributed by atoms with van der Waals surface area (Å²) >= 11 is 0. The van der Waals surface area contributed by atoms with Gasteiger partial charge in [-0.1, -0.05) is 30.4 Å². The molecule has 0 spiro atoms. The van der Waals surface area contributed by atoms with Gasteiger partial charge >= 0.3 is 6.18 Å². The Kier molecular flexibility index (Phi) is 6.31. The van der Waals surface area contributed by atoms with E-state index in [1.807, 2.05) is 18.2 Å². The van der Waals surface area contributed by atoms with E-state index in [1.54, 1.807) is 26.4 Å². The van der Waals surface area contributed by atoms with Crippen molar-refractivity contribution in [1.29, 1.82) is 0 Å². The van der Waals surface area contributed by atoms with Crippen LogP contribution in [0.15, 0.2) is 77.7 Å². The van der Waals surface area contributed by atoms with Gasteiger partial charge in [0.2, 0.25) is 0 Å². The molecule has 3 aromatic carbocycles. The standard InChI is InChI=1S/C27H25F3N2O4S/c1-35-24-11-5-10-21(26(24)36-2)25-20-9-4-8-19(20)22-15-18(12-13-23(22)31-25)37(33,34)32-17-7-3-6-16(14-17)27(28,29)30/h3-8,10-15,19-20,25,31-32H,9H2,1-2H3/t19-,20-,25-/m1/s1. The van der Waals surface area contributed by atoms with Crippen molar-refractivity contribution in [2.45, 2.75) is 29.5 Å². The van der Waals surface area contributed by atoms with E-state index < -0.39 is 21.8 Å². The van der Waals surface area contributed by atoms with Gasteiger partial charge in [0.15, 0.2) is 11.5 Å². The maximum Gasteiger partial charge on any atom is 0.416 e. The predicted molar refractivity (Wildman–Crippen MR) is 135 cm³/mol. The van der Waals surface area contributed by atoms with E-state index in [0.29, 0.717) is 11.5 Å². The summed E-state index contributed by atoms with van der Waals surface area (Å²) in [6.07, 6.45) is 0.348. The second kappa shape index (κ2) is 9.33. The van der Waals surface area contributed by atoms with Gasteiger partial charge in [-0.2, -0.15) is 13.2 Å². The molecule has 194 valence electrons. The zero-order chi connectivity index (χ0) is 26.4. The van der Waals surface area contributed by atoms with Crippen molar-refractivity contribution >= 4 is 21.4 Å². The number of anilines is 2. The van der Waals surface area contributed by atoms with Gasteiger partial charge in [-0.25, -0.2) is 8.42 Å². The number of nitrogens with one attached hydrogen (secondary N) is 2. The van der Waals surface area contributed by atoms with Crippen LogP contribution in [0.4, 0.5) is 24.5 Å². The van der Waals surface area contributed by atoms with Gasteiger partial charge in [0.05, 0.1) is 30.7 Å². The van der Waals surface area contributed by atoms with Gasteiger partial charge in [-0.15, -0.1) is 0 Å². The lowest BCUT2D eigenvalue weighted by Gasteiger charge is -2.38. The van der Waals surface area contributed by atoms with Crippen molar-refractivity contribution < 1.29 is 31.1 Å². The number of benzene rings is 3. The summed E-state index contributed by atoms with van der Waals surface area (Å²) in [5.41, 5.74) is 1.44. The first-order valence-corrected chi connectivity index (χ1v) is 13.1. The number of halogens is 3. The Labute approximate surface area is 213 Å². The number of methoxy groups -OCH3 is 2. The fraction of sp³-hybridized carbons (Fsp3) is 0.259. The molecule has 0 bridgehead atoms. The highest BCUT2D eigenvalue weighted by Crippen LogP contribution is 2.52. The highest BCUT2D eigenvalue weighted by Gasteiger charge is 2.40. The van der Waals surface area contributed by atoms with E-state index in [1.165, 1.54) is 18.2 Å². The lowest BCUT2D eigenvalue weighted by molar-refractivity contribution is -0.137. The average molecular weight is 531 g/mol. The molecule has 0 saturated carbocycles. The molecule has 1 heterocycles. The number of sulfonamides is 1. The molecular weight excluding hydrogens is 505 g/mol. The average Bonchev–Trinajstić information content (AvgIpc) is 3.37. The van der Waals surface area contributed by atoms with Crippen LogP contribution in [0.5, 0.6) is 11.5 Å². The van der Waals surface area contributed by atoms with Crippen LogP contribution in [0.1, 0.15) is 35.1 Å². The normalized spacial score (nSPS) is 20.5. The summed E-state index contributed by atoms with van der Waals surface area (Å²) in [4.78, 5) is -0.0260. The number of ether oxygens (including phenoxy) is 2. The number of hydrogen-bond acceptors (Lipinski definition) is 5. The van der Waals surface area contributed by atoms with E-state index >= 15 is 0 Å². The molecule has 0 unspecified atom stereocenters. The summed E-state index contributed by atoms with van der Waals surface area (Å²) in [7, 11) is -0.951. The number of allylic oxidation sites excluding steroid dienone is 2. The van der Waals surface area contributed by atoms with Gasteiger partial charge in [-0.05, 0) is 60.4 Å². The van der Waals surface area contributed by atoms with E-state index in [9.17, 15) is 21.6 Å². The number of alkyl halides is 3. The lowest BCUT2D eigenvalue weighted by Crippen LogP contribution is -2.29. The highest BCUT2D eigenvalue weighted by atomic mass is 32.2. The Morgan fingerprint density at radius 2 is 1.76 bits per heavy atom. The Hall–Kier alpha value is -3.66. The maximum absolute atomic E-state index is 13.1. The zero-order valence-corrected chi connectivity index (χ0v) is 20.9. The Morgan fingerprint density at radius 3 is 2.49 bits per heavy atom. The van der Waals surface area contributed by atoms with E-state index in [2.05, 4.69) is 22.2 Å². The first-order chi connectivity index (χ1) is 17.6. The third-order valence-electron chi connectivity index (χ3n) is 6.86. The summed E-state index contributed by atoms with van der Waals surface area (Å²) in [5.74, 6) is 1.31. The third-order valence-corrected chi connectivity index (χ3v) is 8.23. The van der Waals surface area contributed by atoms with Crippen LogP contribution in [-0.2, 0) is 16.2 Å². The summed E-state index contributed by atoms with van der Waals surface area (Å²) < 4.78 is 78.9. The van der Waals surface area contributed by atoms with Crippen LogP contribution >= 0.6 is 0 Å². The number of rotatable bonds is 6. The molecular formula is C27H25F3N2O4S. The van der Waals surface area contributed by atoms with Crippen molar-refractivity contribution in [3.05, 3.63) is 89.5 Å². The molecule has 0 fully saturated rings. The summed E-state index contributed by atoms with van der Waals surface area (Å²) in [5, 5.41) is 3.55. The molecule has 0 aromatic heterocycles. The predicted octanol–water partition coefficient (Wildman–Crippen LogP) is 6.35. The molecule has 3 aromatic rings. The minimum Gasteiger partial charge on any atom is -0.493 e. The molecule has 0 radical (unpaired) electrons. The number of para-hydroxylation sites is 1. The molecule has 2 aliphatic rings. The number of hydrogen-bond donors (Lipinski definition) is 2. The van der Waals surface area contributed by atoms with Gasteiger partial charge in [-0.3, -0.25) is 4.72 Å². The minimum atomic E-state index is -4.58. The van der Waals surface area contributed by atoms with Crippen LogP contribution in [0.25, 0.3) is 0 Å². The zero-order valence-electron chi connectivity index (χ0n) is 20.0. The molecule has 5 rings (SSSR count). The van der Waals surface area contributed by atoms with E-state index in [-0.39, 0.29) is 28.5 Å². The lowest BCUT2D eigenvalue weighted by atomic mass is 9.77. The van der Waals surface area contributed by atoms with Crippen molar-refractivity contribution in [1.82, 2.24) is 0 Å². The van der Waals surface area contributed by atoms with Crippen molar-refractivity contribution in [3.63, 3.8) is 0 Å². The summed E-state index contributed by atoms with van der Waals surface area (Å²) in [6.45, 7) is 0. The van der Waals surface area contributed by atoms with Crippen molar-refractivity contribution in [2.75, 3.05) is 24.3 Å². The van der Waals surface area contributed by atoms with Crippen LogP contribution in [-0.4, -0.2) is 22.6 Å². The van der Waals surface area contributed by atoms with Crippen LogP contribution < -0.4 is 19.5 Å². The highest BCUT2D eigenvalue weighted by molar-refractivity contribution is 7.92. The molecule has 2 N–H and O–H groups in total. The SMILES string of the molecule is COc1cccc([C@@H]2Nc3ccc(S(=O)(=O)Nc4cccc(C(F)(F)F)c4)cc3[C@@H]3C=CC[C@H]32)c1OC. The van der Waals surface area contributed by atoms with Gasteiger partial charge < -0.3 is 14.8 Å². The second-order valence-corrected chi connectivity index (χ2v) is 10.7. The van der Waals surface area contributed by atoms with Crippen LogP contribution in [0.3, 0.4) is 0 Å². The second-order valence-electron chi connectivity index (χ2n) is 8.99. The fourth-order valence-corrected chi connectivity index (χ4v) is 6.26. The first-order valence-electron chi connectivity index (χ1n) is 11.6. The Bertz CT molecular complexity index is 1470. The van der Waals surface area contributed by atoms with Gasteiger partial charge in [0.1, 0.15) is 0 Å². The minimum absolute atomic E-state index is 0.0260. The van der Waals surface area contributed by atoms with Crippen molar-refractivity contribution in [2.24, 2.45) is 5.92 Å². The third kappa shape index (κ3) is 4.61. The molecule has 0 saturated heterocycles. The largest absolute Gasteiger partial charge is 0.493 e. The first kappa shape index (κ1) is 25.0. The molecule has 3 atom stereocenters.